The molecule has 1 rings (SSSR count). The van der Waals surface area contributed by atoms with E-state index >= 15 is 0 Å². The Morgan fingerprint density at radius 3 is 2.77 bits per heavy atom. The summed E-state index contributed by atoms with van der Waals surface area (Å²) in [5, 5.41) is 0. The minimum atomic E-state index is 0.149. The largest absolute Gasteiger partial charge is 0.481 e. The third kappa shape index (κ3) is 3.02. The molecule has 76 valence electrons. The van der Waals surface area contributed by atoms with Gasteiger partial charge in [-0.1, -0.05) is 33.6 Å². The lowest BCUT2D eigenvalue weighted by Crippen LogP contribution is -2.30. The van der Waals surface area contributed by atoms with E-state index < -0.39 is 0 Å². The summed E-state index contributed by atoms with van der Waals surface area (Å²) in [7, 11) is 0. The Morgan fingerprint density at radius 1 is 1.46 bits per heavy atom. The number of rotatable bonds is 4. The summed E-state index contributed by atoms with van der Waals surface area (Å²) < 4.78 is 5.59. The summed E-state index contributed by atoms with van der Waals surface area (Å²) in [6.07, 6.45) is 4.77. The Bertz CT molecular complexity index is 185. The van der Waals surface area contributed by atoms with E-state index in [4.69, 9.17) is 4.74 Å². The van der Waals surface area contributed by atoms with Crippen molar-refractivity contribution in [3.63, 3.8) is 0 Å². The Labute approximate surface area is 81.4 Å². The van der Waals surface area contributed by atoms with Crippen LogP contribution in [0.4, 0.5) is 0 Å². The fourth-order valence-corrected chi connectivity index (χ4v) is 1.59. The third-order valence-corrected chi connectivity index (χ3v) is 2.53. The van der Waals surface area contributed by atoms with Gasteiger partial charge < -0.3 is 4.74 Å². The van der Waals surface area contributed by atoms with Crippen LogP contribution in [0.2, 0.25) is 0 Å². The maximum Gasteiger partial charge on any atom is 0.189 e. The van der Waals surface area contributed by atoms with E-state index in [0.29, 0.717) is 0 Å². The predicted molar refractivity (Wildman–Crippen MR) is 56.2 cm³/mol. The molecule has 0 aliphatic carbocycles. The number of nitrogens with zero attached hydrogens (tertiary/aromatic N) is 1. The summed E-state index contributed by atoms with van der Waals surface area (Å²) in [6, 6.07) is 0. The van der Waals surface area contributed by atoms with Crippen molar-refractivity contribution in [2.75, 3.05) is 13.2 Å². The Hall–Kier alpha value is -0.530. The highest BCUT2D eigenvalue weighted by atomic mass is 16.5. The van der Waals surface area contributed by atoms with E-state index in [2.05, 4.69) is 25.8 Å². The Balaban J connectivity index is 2.51. The van der Waals surface area contributed by atoms with Crippen LogP contribution in [0.5, 0.6) is 0 Å². The molecule has 2 nitrogen and oxygen atoms in total. The molecule has 1 aliphatic heterocycles. The van der Waals surface area contributed by atoms with Gasteiger partial charge in [0, 0.05) is 18.4 Å². The smallest absolute Gasteiger partial charge is 0.189 e. The van der Waals surface area contributed by atoms with Crippen molar-refractivity contribution in [3.05, 3.63) is 0 Å². The van der Waals surface area contributed by atoms with Crippen molar-refractivity contribution < 1.29 is 4.74 Å². The molecule has 1 aliphatic rings. The molecule has 0 aromatic heterocycles. The average Bonchev–Trinajstić information content (AvgIpc) is 2.16. The topological polar surface area (TPSA) is 21.6 Å². The quantitative estimate of drug-likeness (QED) is 0.656. The van der Waals surface area contributed by atoms with Gasteiger partial charge >= 0.3 is 0 Å². The molecular formula is C11H21NO. The van der Waals surface area contributed by atoms with Crippen molar-refractivity contribution in [2.45, 2.75) is 46.5 Å². The van der Waals surface area contributed by atoms with Crippen LogP contribution in [0.25, 0.3) is 0 Å². The highest BCUT2D eigenvalue weighted by Crippen LogP contribution is 2.27. The Morgan fingerprint density at radius 2 is 2.23 bits per heavy atom. The van der Waals surface area contributed by atoms with Crippen LogP contribution in [0, 0.1) is 5.41 Å². The summed E-state index contributed by atoms with van der Waals surface area (Å²) in [5.74, 6) is 0.979. The molecule has 0 unspecified atom stereocenters. The number of aliphatic imine (C=N–C) groups is 1. The van der Waals surface area contributed by atoms with Gasteiger partial charge in [0.25, 0.3) is 0 Å². The van der Waals surface area contributed by atoms with Crippen LogP contribution in [0.1, 0.15) is 46.5 Å². The van der Waals surface area contributed by atoms with E-state index in [0.717, 1.165) is 25.5 Å². The molecule has 0 atom stereocenters. The monoisotopic (exact) mass is 183 g/mol. The van der Waals surface area contributed by atoms with Crippen LogP contribution >= 0.6 is 0 Å². The SMILES string of the molecule is CCCCC(C)(C)C1=NCCCO1. The van der Waals surface area contributed by atoms with Crippen molar-refractivity contribution in [2.24, 2.45) is 10.4 Å². The molecule has 0 fully saturated rings. The average molecular weight is 183 g/mol. The molecule has 0 saturated carbocycles. The van der Waals surface area contributed by atoms with Crippen molar-refractivity contribution >= 4 is 5.90 Å². The molecule has 13 heavy (non-hydrogen) atoms. The highest BCUT2D eigenvalue weighted by molar-refractivity contribution is 5.82. The molecular weight excluding hydrogens is 162 g/mol. The van der Waals surface area contributed by atoms with Gasteiger partial charge in [0.1, 0.15) is 0 Å². The first-order valence-corrected chi connectivity index (χ1v) is 5.34. The van der Waals surface area contributed by atoms with Crippen LogP contribution in [0.3, 0.4) is 0 Å². The molecule has 0 aromatic rings. The van der Waals surface area contributed by atoms with Gasteiger partial charge in [-0.3, -0.25) is 4.99 Å². The predicted octanol–water partition coefficient (Wildman–Crippen LogP) is 3.02. The van der Waals surface area contributed by atoms with E-state index in [1.54, 1.807) is 0 Å². The lowest BCUT2D eigenvalue weighted by molar-refractivity contribution is 0.229. The van der Waals surface area contributed by atoms with Crippen LogP contribution in [-0.4, -0.2) is 19.0 Å². The zero-order valence-corrected chi connectivity index (χ0v) is 9.10. The fraction of sp³-hybridized carbons (Fsp3) is 0.909. The molecule has 0 spiro atoms. The van der Waals surface area contributed by atoms with E-state index in [1.807, 2.05) is 0 Å². The van der Waals surface area contributed by atoms with Gasteiger partial charge in [0.15, 0.2) is 5.90 Å². The zero-order valence-electron chi connectivity index (χ0n) is 9.10. The number of ether oxygens (including phenoxy) is 1. The first-order chi connectivity index (χ1) is 6.17. The maximum atomic E-state index is 5.59. The second kappa shape index (κ2) is 4.64. The summed E-state index contributed by atoms with van der Waals surface area (Å²) in [5.41, 5.74) is 0.149. The van der Waals surface area contributed by atoms with Gasteiger partial charge in [-0.25, -0.2) is 0 Å². The van der Waals surface area contributed by atoms with Crippen molar-refractivity contribution in [3.8, 4) is 0 Å². The minimum absolute atomic E-state index is 0.149. The maximum absolute atomic E-state index is 5.59. The number of unbranched alkanes of at least 4 members (excludes halogenated alkanes) is 1. The zero-order chi connectivity index (χ0) is 9.73. The molecule has 0 saturated heterocycles. The summed E-state index contributed by atoms with van der Waals surface area (Å²) >= 11 is 0. The molecule has 0 aromatic carbocycles. The normalized spacial score (nSPS) is 17.9. The number of hydrogen-bond donors (Lipinski definition) is 0. The molecule has 0 bridgehead atoms. The summed E-state index contributed by atoms with van der Waals surface area (Å²) in [4.78, 5) is 4.45. The van der Waals surface area contributed by atoms with Gasteiger partial charge in [-0.15, -0.1) is 0 Å². The van der Waals surface area contributed by atoms with Crippen molar-refractivity contribution in [1.82, 2.24) is 0 Å². The van der Waals surface area contributed by atoms with Crippen LogP contribution < -0.4 is 0 Å². The van der Waals surface area contributed by atoms with Gasteiger partial charge in [0.05, 0.1) is 6.61 Å². The summed E-state index contributed by atoms with van der Waals surface area (Å²) in [6.45, 7) is 8.48. The second-order valence-electron chi connectivity index (χ2n) is 4.38. The number of hydrogen-bond acceptors (Lipinski definition) is 2. The van der Waals surface area contributed by atoms with E-state index in [9.17, 15) is 0 Å². The van der Waals surface area contributed by atoms with Gasteiger partial charge in [-0.2, -0.15) is 0 Å². The van der Waals surface area contributed by atoms with Gasteiger partial charge in [-0.05, 0) is 6.42 Å². The second-order valence-corrected chi connectivity index (χ2v) is 4.38. The molecule has 1 heterocycles. The first-order valence-electron chi connectivity index (χ1n) is 5.34. The lowest BCUT2D eigenvalue weighted by Gasteiger charge is -2.28. The van der Waals surface area contributed by atoms with E-state index in [1.165, 1.54) is 19.3 Å². The standard InChI is InChI=1S/C11H21NO/c1-4-5-7-11(2,3)10-12-8-6-9-13-10/h4-9H2,1-3H3. The highest BCUT2D eigenvalue weighted by Gasteiger charge is 2.27. The van der Waals surface area contributed by atoms with Crippen LogP contribution in [-0.2, 0) is 4.74 Å². The first kappa shape index (κ1) is 10.6. The van der Waals surface area contributed by atoms with Gasteiger partial charge in [0.2, 0.25) is 0 Å². The third-order valence-electron chi connectivity index (χ3n) is 2.53. The van der Waals surface area contributed by atoms with Crippen molar-refractivity contribution in [1.29, 1.82) is 0 Å². The fourth-order valence-electron chi connectivity index (χ4n) is 1.59. The molecule has 2 heteroatoms. The van der Waals surface area contributed by atoms with E-state index in [-0.39, 0.29) is 5.41 Å². The molecule has 0 amide bonds. The molecule has 0 radical (unpaired) electrons. The molecule has 0 N–H and O–H groups in total. The Kier molecular flexibility index (Phi) is 3.76. The van der Waals surface area contributed by atoms with Crippen LogP contribution in [0.15, 0.2) is 4.99 Å². The minimum Gasteiger partial charge on any atom is -0.481 e. The lowest BCUT2D eigenvalue weighted by atomic mass is 9.86.